The van der Waals surface area contributed by atoms with Crippen LogP contribution in [0, 0.1) is 13.8 Å². The first-order valence-corrected chi connectivity index (χ1v) is 12.3. The second-order valence-corrected chi connectivity index (χ2v) is 12.9. The van der Waals surface area contributed by atoms with Crippen LogP contribution in [0.4, 0.5) is 5.69 Å². The van der Waals surface area contributed by atoms with E-state index in [2.05, 4.69) is 18.9 Å². The number of carbonyl (C=O) groups is 1. The Balaban J connectivity index is 2.22. The molecule has 1 fully saturated rings. The van der Waals surface area contributed by atoms with Gasteiger partial charge in [0.05, 0.1) is 0 Å². The van der Waals surface area contributed by atoms with Gasteiger partial charge in [-0.05, 0) is 0 Å². The van der Waals surface area contributed by atoms with Gasteiger partial charge >= 0.3 is 146 Å². The number of nitrogens with one attached hydrogen (secondary N) is 1. The van der Waals surface area contributed by atoms with Gasteiger partial charge in [0.1, 0.15) is 0 Å². The molecule has 1 amide bonds. The number of anilines is 1. The summed E-state index contributed by atoms with van der Waals surface area (Å²) in [7, 11) is -1.49. The van der Waals surface area contributed by atoms with E-state index < -0.39 is 7.26 Å². The van der Waals surface area contributed by atoms with E-state index in [-0.39, 0.29) is 11.6 Å². The molecule has 4 heteroatoms. The second kappa shape index (κ2) is 7.99. The van der Waals surface area contributed by atoms with Crippen molar-refractivity contribution in [2.24, 2.45) is 0 Å². The molecule has 1 N–H and O–H groups in total. The Bertz CT molecular complexity index is 543. The predicted octanol–water partition coefficient (Wildman–Crippen LogP) is 5.63. The van der Waals surface area contributed by atoms with E-state index in [9.17, 15) is 4.79 Å². The van der Waals surface area contributed by atoms with Gasteiger partial charge in [0.25, 0.3) is 0 Å². The molecule has 1 saturated heterocycles. The Hall–Kier alpha value is -0.590. The number of amides is 1. The topological polar surface area (TPSA) is 29.1 Å². The van der Waals surface area contributed by atoms with Crippen LogP contribution in [0.3, 0.4) is 0 Å². The maximum atomic E-state index is 13.1. The Morgan fingerprint density at radius 2 is 1.78 bits per heavy atom. The third-order valence-electron chi connectivity index (χ3n) is 5.48. The number of halogens is 1. The molecule has 0 aliphatic carbocycles. The van der Waals surface area contributed by atoms with Crippen molar-refractivity contribution in [2.75, 3.05) is 24.3 Å². The predicted molar refractivity (Wildman–Crippen MR) is 106 cm³/mol. The Kier molecular flexibility index (Phi) is 6.51. The van der Waals surface area contributed by atoms with Crippen LogP contribution in [0.1, 0.15) is 50.2 Å². The number of hydrogen-bond acceptors (Lipinski definition) is 1. The molecule has 1 unspecified atom stereocenters. The normalized spacial score (nSPS) is 19.9. The molecular weight excluding hydrogens is 325 g/mol. The third kappa shape index (κ3) is 4.48. The number of aryl methyl sites for hydroxylation is 2. The van der Waals surface area contributed by atoms with Crippen molar-refractivity contribution in [2.45, 2.75) is 58.5 Å². The molecule has 1 aromatic carbocycles. The molecule has 1 heterocycles. The molecule has 0 spiro atoms. The van der Waals surface area contributed by atoms with Crippen molar-refractivity contribution >= 4 is 30.5 Å². The number of carbonyl (C=O) groups excluding carboxylic acids is 1. The number of rotatable bonds is 5. The summed E-state index contributed by atoms with van der Waals surface area (Å²) in [6, 6.07) is 3.86. The van der Waals surface area contributed by atoms with Crippen LogP contribution in [-0.4, -0.2) is 30.6 Å². The van der Waals surface area contributed by atoms with E-state index in [1.807, 2.05) is 26.0 Å². The zero-order valence-electron chi connectivity index (χ0n) is 15.0. The number of benzene rings is 1. The molecule has 0 bridgehead atoms. The van der Waals surface area contributed by atoms with Crippen LogP contribution in [0.5, 0.6) is 0 Å². The second-order valence-electron chi connectivity index (χ2n) is 7.46. The standard InChI is InChI=1S/C19H31ClNOP/c1-5-9-17(23(4)10-7-6-8-11-23)19(22)21-18-14(2)12-16(20)13-15(18)3/h12-13,17,23H,5-11H2,1-4H3,(H,21,22). The molecule has 2 nitrogen and oxygen atoms in total. The van der Waals surface area contributed by atoms with Crippen LogP contribution < -0.4 is 5.32 Å². The SMILES string of the molecule is CCCC(C(=O)Nc1c(C)cc(Cl)cc1C)[PH]1(C)CCCCC1. The van der Waals surface area contributed by atoms with Gasteiger partial charge in [-0.3, -0.25) is 0 Å². The van der Waals surface area contributed by atoms with E-state index in [1.54, 1.807) is 0 Å². The summed E-state index contributed by atoms with van der Waals surface area (Å²) in [6.45, 7) is 8.68. The third-order valence-corrected chi connectivity index (χ3v) is 10.9. The van der Waals surface area contributed by atoms with Crippen LogP contribution in [0.2, 0.25) is 5.02 Å². The summed E-state index contributed by atoms with van der Waals surface area (Å²) in [6.07, 6.45) is 8.70. The summed E-state index contributed by atoms with van der Waals surface area (Å²) in [5, 5.41) is 3.98. The van der Waals surface area contributed by atoms with Gasteiger partial charge in [-0.1, -0.05) is 0 Å². The van der Waals surface area contributed by atoms with Crippen molar-refractivity contribution < 1.29 is 4.79 Å². The van der Waals surface area contributed by atoms with Crippen LogP contribution in [0.25, 0.3) is 0 Å². The first kappa shape index (κ1) is 18.7. The average Bonchev–Trinajstić information content (AvgIpc) is 2.48. The summed E-state index contributed by atoms with van der Waals surface area (Å²) >= 11 is 6.11. The van der Waals surface area contributed by atoms with Crippen molar-refractivity contribution in [3.63, 3.8) is 0 Å². The van der Waals surface area contributed by atoms with E-state index >= 15 is 0 Å². The maximum absolute atomic E-state index is 13.1. The molecule has 1 atom stereocenters. The Labute approximate surface area is 146 Å². The van der Waals surface area contributed by atoms with E-state index in [0.29, 0.717) is 0 Å². The van der Waals surface area contributed by atoms with Crippen molar-refractivity contribution in [1.82, 2.24) is 0 Å². The van der Waals surface area contributed by atoms with Crippen molar-refractivity contribution in [3.05, 3.63) is 28.3 Å². The fourth-order valence-corrected chi connectivity index (χ4v) is 9.19. The van der Waals surface area contributed by atoms with E-state index in [4.69, 9.17) is 11.6 Å². The van der Waals surface area contributed by atoms with Gasteiger partial charge in [0.15, 0.2) is 0 Å². The molecule has 1 aliphatic rings. The van der Waals surface area contributed by atoms with Crippen molar-refractivity contribution in [3.8, 4) is 0 Å². The summed E-state index contributed by atoms with van der Waals surface area (Å²) in [5.41, 5.74) is 3.29. The zero-order valence-corrected chi connectivity index (χ0v) is 16.7. The van der Waals surface area contributed by atoms with Crippen molar-refractivity contribution in [1.29, 1.82) is 0 Å². The van der Waals surface area contributed by atoms with Gasteiger partial charge < -0.3 is 0 Å². The molecule has 0 saturated carbocycles. The average molecular weight is 356 g/mol. The monoisotopic (exact) mass is 355 g/mol. The van der Waals surface area contributed by atoms with Gasteiger partial charge in [-0.2, -0.15) is 0 Å². The summed E-state index contributed by atoms with van der Waals surface area (Å²) in [4.78, 5) is 13.1. The molecule has 0 radical (unpaired) electrons. The molecule has 23 heavy (non-hydrogen) atoms. The minimum absolute atomic E-state index is 0.238. The summed E-state index contributed by atoms with van der Waals surface area (Å²) < 4.78 is 0. The Morgan fingerprint density at radius 1 is 1.22 bits per heavy atom. The fourth-order valence-electron chi connectivity index (χ4n) is 4.11. The molecule has 130 valence electrons. The zero-order chi connectivity index (χ0) is 17.0. The van der Waals surface area contributed by atoms with Crippen LogP contribution in [-0.2, 0) is 4.79 Å². The van der Waals surface area contributed by atoms with Gasteiger partial charge in [0, 0.05) is 0 Å². The quantitative estimate of drug-likeness (QED) is 0.681. The van der Waals surface area contributed by atoms with Gasteiger partial charge in [-0.25, -0.2) is 0 Å². The van der Waals surface area contributed by atoms with Crippen LogP contribution in [0.15, 0.2) is 12.1 Å². The van der Waals surface area contributed by atoms with Crippen LogP contribution >= 0.6 is 18.9 Å². The minimum atomic E-state index is -1.49. The molecule has 2 rings (SSSR count). The fraction of sp³-hybridized carbons (Fsp3) is 0.632. The van der Waals surface area contributed by atoms with E-state index in [1.165, 1.54) is 31.6 Å². The van der Waals surface area contributed by atoms with Gasteiger partial charge in [0.2, 0.25) is 0 Å². The Morgan fingerprint density at radius 3 is 2.30 bits per heavy atom. The molecular formula is C19H31ClNOP. The molecule has 1 aliphatic heterocycles. The van der Waals surface area contributed by atoms with Gasteiger partial charge in [-0.15, -0.1) is 0 Å². The first-order valence-electron chi connectivity index (χ1n) is 8.95. The number of hydrogen-bond donors (Lipinski definition) is 1. The molecule has 0 aromatic heterocycles. The summed E-state index contributed by atoms with van der Waals surface area (Å²) in [5.74, 6) is 0.247. The molecule has 1 aromatic rings. The van der Waals surface area contributed by atoms with E-state index in [0.717, 1.165) is 34.7 Å². The first-order chi connectivity index (χ1) is 10.9.